The molecule has 0 bridgehead atoms. The first-order chi connectivity index (χ1) is 15.1. The van der Waals surface area contributed by atoms with Crippen LogP contribution in [0.25, 0.3) is 0 Å². The first kappa shape index (κ1) is 20.4. The monoisotopic (exact) mass is 436 g/mol. The van der Waals surface area contributed by atoms with Crippen molar-refractivity contribution >= 4 is 29.7 Å². The molecule has 3 aromatic carbocycles. The molecular formula is C23H17ClN2O5. The fourth-order valence-corrected chi connectivity index (χ4v) is 3.07. The highest BCUT2D eigenvalue weighted by atomic mass is 35.5. The number of amides is 1. The third kappa shape index (κ3) is 5.02. The summed E-state index contributed by atoms with van der Waals surface area (Å²) in [4.78, 5) is 24.6. The Morgan fingerprint density at radius 2 is 1.77 bits per heavy atom. The Morgan fingerprint density at radius 3 is 2.61 bits per heavy atom. The summed E-state index contributed by atoms with van der Waals surface area (Å²) in [5.74, 6) is 0.499. The molecule has 0 saturated carbocycles. The number of hydrogen-bond donors (Lipinski definition) is 1. The second-order valence-corrected chi connectivity index (χ2v) is 6.91. The lowest BCUT2D eigenvalue weighted by atomic mass is 10.2. The van der Waals surface area contributed by atoms with Crippen molar-refractivity contribution in [2.45, 2.75) is 0 Å². The Balaban J connectivity index is 1.39. The summed E-state index contributed by atoms with van der Waals surface area (Å²) in [5.41, 5.74) is 3.75. The van der Waals surface area contributed by atoms with Gasteiger partial charge in [0.1, 0.15) is 19.0 Å². The number of carbonyl (C=O) groups is 2. The molecule has 31 heavy (non-hydrogen) atoms. The van der Waals surface area contributed by atoms with Crippen LogP contribution in [0.5, 0.6) is 17.2 Å². The molecule has 7 nitrogen and oxygen atoms in total. The lowest BCUT2D eigenvalue weighted by Gasteiger charge is -2.18. The second kappa shape index (κ2) is 9.32. The summed E-state index contributed by atoms with van der Waals surface area (Å²) >= 11 is 6.03. The molecule has 0 aliphatic carbocycles. The molecule has 0 atom stereocenters. The van der Waals surface area contributed by atoms with E-state index in [2.05, 4.69) is 10.5 Å². The highest BCUT2D eigenvalue weighted by Crippen LogP contribution is 2.30. The van der Waals surface area contributed by atoms with Crippen LogP contribution in [0.3, 0.4) is 0 Å². The topological polar surface area (TPSA) is 86.2 Å². The number of hydrazone groups is 1. The van der Waals surface area contributed by atoms with Crippen molar-refractivity contribution in [1.29, 1.82) is 0 Å². The maximum atomic E-state index is 12.3. The van der Waals surface area contributed by atoms with Crippen LogP contribution in [-0.4, -0.2) is 31.3 Å². The molecule has 4 rings (SSSR count). The smallest absolute Gasteiger partial charge is 0.345 e. The number of ether oxygens (including phenoxy) is 3. The van der Waals surface area contributed by atoms with Crippen LogP contribution in [0.15, 0.2) is 71.8 Å². The maximum absolute atomic E-state index is 12.3. The number of benzene rings is 3. The third-order valence-corrected chi connectivity index (χ3v) is 4.68. The number of carbonyl (C=O) groups excluding carboxylic acids is 2. The molecule has 1 heterocycles. The van der Waals surface area contributed by atoms with E-state index < -0.39 is 11.9 Å². The predicted molar refractivity (Wildman–Crippen MR) is 115 cm³/mol. The molecule has 0 fully saturated rings. The van der Waals surface area contributed by atoms with E-state index in [1.807, 2.05) is 0 Å². The van der Waals surface area contributed by atoms with Gasteiger partial charge in [-0.3, -0.25) is 4.79 Å². The lowest BCUT2D eigenvalue weighted by molar-refractivity contribution is 0.0734. The molecule has 0 spiro atoms. The van der Waals surface area contributed by atoms with E-state index in [4.69, 9.17) is 25.8 Å². The van der Waals surface area contributed by atoms with Gasteiger partial charge in [0.2, 0.25) is 0 Å². The molecule has 0 radical (unpaired) electrons. The molecule has 8 heteroatoms. The van der Waals surface area contributed by atoms with Crippen molar-refractivity contribution in [3.8, 4) is 17.2 Å². The number of hydrogen-bond acceptors (Lipinski definition) is 6. The van der Waals surface area contributed by atoms with Crippen LogP contribution in [0.2, 0.25) is 5.02 Å². The van der Waals surface area contributed by atoms with Crippen LogP contribution in [0, 0.1) is 0 Å². The van der Waals surface area contributed by atoms with Gasteiger partial charge in [0, 0.05) is 5.56 Å². The van der Waals surface area contributed by atoms with E-state index in [0.717, 1.165) is 0 Å². The second-order valence-electron chi connectivity index (χ2n) is 6.50. The largest absolute Gasteiger partial charge is 0.486 e. The van der Waals surface area contributed by atoms with Gasteiger partial charge in [-0.2, -0.15) is 5.10 Å². The van der Waals surface area contributed by atoms with Gasteiger partial charge >= 0.3 is 5.97 Å². The van der Waals surface area contributed by atoms with E-state index in [1.165, 1.54) is 6.21 Å². The average Bonchev–Trinajstić information content (AvgIpc) is 2.79. The molecule has 0 aromatic heterocycles. The number of nitrogens with zero attached hydrogens (tertiary/aromatic N) is 1. The first-order valence-electron chi connectivity index (χ1n) is 9.40. The number of halogens is 1. The summed E-state index contributed by atoms with van der Waals surface area (Å²) in [7, 11) is 0. The summed E-state index contributed by atoms with van der Waals surface area (Å²) < 4.78 is 16.3. The Labute approximate surface area is 183 Å². The average molecular weight is 437 g/mol. The van der Waals surface area contributed by atoms with Gasteiger partial charge in [-0.1, -0.05) is 35.9 Å². The van der Waals surface area contributed by atoms with E-state index in [1.54, 1.807) is 66.7 Å². The van der Waals surface area contributed by atoms with Gasteiger partial charge in [0.15, 0.2) is 11.5 Å². The zero-order valence-corrected chi connectivity index (χ0v) is 17.0. The lowest BCUT2D eigenvalue weighted by Crippen LogP contribution is -2.19. The van der Waals surface area contributed by atoms with Gasteiger partial charge in [-0.05, 0) is 48.0 Å². The summed E-state index contributed by atoms with van der Waals surface area (Å²) in [6.07, 6.45) is 1.45. The molecule has 156 valence electrons. The van der Waals surface area contributed by atoms with E-state index in [9.17, 15) is 9.59 Å². The van der Waals surface area contributed by atoms with Crippen molar-refractivity contribution < 1.29 is 23.8 Å². The van der Waals surface area contributed by atoms with Crippen molar-refractivity contribution in [2.75, 3.05) is 13.2 Å². The molecule has 0 saturated heterocycles. The fraction of sp³-hybridized carbons (Fsp3) is 0.0870. The zero-order chi connectivity index (χ0) is 21.6. The number of nitrogens with one attached hydrogen (secondary N) is 1. The SMILES string of the molecule is O=C(N/N=C/c1cccc(OC(=O)c2ccccc2Cl)c1)c1ccc2c(c1)OCCO2. The Bertz CT molecular complexity index is 1160. The number of rotatable bonds is 5. The Kier molecular flexibility index (Phi) is 6.14. The summed E-state index contributed by atoms with van der Waals surface area (Å²) in [5, 5.41) is 4.28. The predicted octanol–water partition coefficient (Wildman–Crippen LogP) is 4.09. The number of fused-ring (bicyclic) bond motifs is 1. The van der Waals surface area contributed by atoms with Gasteiger partial charge < -0.3 is 14.2 Å². The van der Waals surface area contributed by atoms with Crippen LogP contribution in [0.4, 0.5) is 0 Å². The Morgan fingerprint density at radius 1 is 0.968 bits per heavy atom. The van der Waals surface area contributed by atoms with Crippen molar-refractivity contribution in [3.63, 3.8) is 0 Å². The molecule has 1 aliphatic rings. The number of esters is 1. The molecule has 3 aromatic rings. The summed E-state index contributed by atoms with van der Waals surface area (Å²) in [6, 6.07) is 18.3. The quantitative estimate of drug-likeness (QED) is 0.282. The third-order valence-electron chi connectivity index (χ3n) is 4.35. The van der Waals surface area contributed by atoms with Gasteiger partial charge in [0.25, 0.3) is 5.91 Å². The summed E-state index contributed by atoms with van der Waals surface area (Å²) in [6.45, 7) is 0.920. The molecule has 1 aliphatic heterocycles. The van der Waals surface area contributed by atoms with E-state index in [0.29, 0.717) is 46.6 Å². The van der Waals surface area contributed by atoms with Crippen LogP contribution < -0.4 is 19.6 Å². The van der Waals surface area contributed by atoms with Gasteiger partial charge in [-0.25, -0.2) is 10.2 Å². The van der Waals surface area contributed by atoms with Crippen molar-refractivity contribution in [1.82, 2.24) is 5.43 Å². The molecule has 1 amide bonds. The van der Waals surface area contributed by atoms with E-state index >= 15 is 0 Å². The van der Waals surface area contributed by atoms with Crippen molar-refractivity contribution in [3.05, 3.63) is 88.4 Å². The van der Waals surface area contributed by atoms with E-state index in [-0.39, 0.29) is 5.56 Å². The van der Waals surface area contributed by atoms with Gasteiger partial charge in [-0.15, -0.1) is 0 Å². The van der Waals surface area contributed by atoms with Crippen LogP contribution >= 0.6 is 11.6 Å². The standard InChI is InChI=1S/C23H17ClN2O5/c24-19-7-2-1-6-18(19)23(28)31-17-5-3-4-15(12-17)14-25-26-22(27)16-8-9-20-21(13-16)30-11-10-29-20/h1-9,12-14H,10-11H2,(H,26,27)/b25-14+. The highest BCUT2D eigenvalue weighted by Gasteiger charge is 2.15. The molecule has 0 unspecified atom stereocenters. The minimum Gasteiger partial charge on any atom is -0.486 e. The Hall–Kier alpha value is -3.84. The van der Waals surface area contributed by atoms with Crippen LogP contribution in [0.1, 0.15) is 26.3 Å². The molecule has 1 N–H and O–H groups in total. The molecular weight excluding hydrogens is 420 g/mol. The maximum Gasteiger partial charge on any atom is 0.345 e. The zero-order valence-electron chi connectivity index (χ0n) is 16.2. The normalized spacial score (nSPS) is 12.4. The first-order valence-corrected chi connectivity index (χ1v) is 9.78. The van der Waals surface area contributed by atoms with Gasteiger partial charge in [0.05, 0.1) is 16.8 Å². The minimum absolute atomic E-state index is 0.273. The minimum atomic E-state index is -0.563. The highest BCUT2D eigenvalue weighted by molar-refractivity contribution is 6.33. The fourth-order valence-electron chi connectivity index (χ4n) is 2.86. The van der Waals surface area contributed by atoms with Crippen LogP contribution in [-0.2, 0) is 0 Å². The van der Waals surface area contributed by atoms with Crippen molar-refractivity contribution in [2.24, 2.45) is 5.10 Å².